The molecule has 3 aromatic heterocycles. The molecular formula is C26H27N5OS. The lowest BCUT2D eigenvalue weighted by molar-refractivity contribution is 0.101. The van der Waals surface area contributed by atoms with Crippen LogP contribution in [-0.2, 0) is 13.0 Å². The Morgan fingerprint density at radius 2 is 1.94 bits per heavy atom. The lowest BCUT2D eigenvalue weighted by Gasteiger charge is -2.25. The number of amides is 1. The summed E-state index contributed by atoms with van der Waals surface area (Å²) in [5, 5.41) is 5.72. The third-order valence-electron chi connectivity index (χ3n) is 6.18. The van der Waals surface area contributed by atoms with Gasteiger partial charge in [-0.05, 0) is 66.8 Å². The Kier molecular flexibility index (Phi) is 6.21. The van der Waals surface area contributed by atoms with Gasteiger partial charge in [-0.25, -0.2) is 4.98 Å². The molecule has 1 unspecified atom stereocenters. The molecule has 7 heteroatoms. The number of benzene rings is 1. The van der Waals surface area contributed by atoms with Gasteiger partial charge in [-0.2, -0.15) is 0 Å². The van der Waals surface area contributed by atoms with Gasteiger partial charge in [0.2, 0.25) is 0 Å². The quantitative estimate of drug-likeness (QED) is 0.396. The number of nitrogens with one attached hydrogen (secondary N) is 1. The molecule has 33 heavy (non-hydrogen) atoms. The third-order valence-corrected chi connectivity index (χ3v) is 6.95. The van der Waals surface area contributed by atoms with Crippen LogP contribution >= 0.6 is 11.3 Å². The molecule has 1 saturated heterocycles. The van der Waals surface area contributed by atoms with Crippen molar-refractivity contribution in [3.05, 3.63) is 95.0 Å². The van der Waals surface area contributed by atoms with E-state index in [2.05, 4.69) is 51.8 Å². The van der Waals surface area contributed by atoms with Crippen molar-refractivity contribution in [1.29, 1.82) is 0 Å². The lowest BCUT2D eigenvalue weighted by atomic mass is 10.1. The van der Waals surface area contributed by atoms with E-state index in [1.165, 1.54) is 22.6 Å². The van der Waals surface area contributed by atoms with Crippen LogP contribution in [0, 0.1) is 0 Å². The number of hydrogen-bond acceptors (Lipinski definition) is 5. The number of carbonyl (C=O) groups excluding carboxylic acids is 1. The molecule has 0 bridgehead atoms. The minimum Gasteiger partial charge on any atom is -0.363 e. The van der Waals surface area contributed by atoms with Gasteiger partial charge in [-0.15, -0.1) is 11.3 Å². The first kappa shape index (κ1) is 21.4. The Labute approximate surface area is 197 Å². The number of anilines is 2. The second kappa shape index (κ2) is 9.58. The fourth-order valence-corrected chi connectivity index (χ4v) is 5.16. The molecule has 0 spiro atoms. The van der Waals surface area contributed by atoms with Crippen LogP contribution < -0.4 is 10.2 Å². The van der Waals surface area contributed by atoms with Gasteiger partial charge in [0.15, 0.2) is 5.13 Å². The Morgan fingerprint density at radius 3 is 2.73 bits per heavy atom. The van der Waals surface area contributed by atoms with Crippen molar-refractivity contribution >= 4 is 28.1 Å². The monoisotopic (exact) mass is 457 g/mol. The first-order valence-corrected chi connectivity index (χ1v) is 12.3. The highest BCUT2D eigenvalue weighted by atomic mass is 32.1. The maximum atomic E-state index is 13.0. The third kappa shape index (κ3) is 4.68. The predicted molar refractivity (Wildman–Crippen MR) is 133 cm³/mol. The SMILES string of the molecule is CCc1ccc(N2CCCC2c2csc(NC(=O)c3cccn3Cc3ccncc3)n2)cc1. The van der Waals surface area contributed by atoms with Crippen LogP contribution in [-0.4, -0.2) is 27.0 Å². The molecule has 5 rings (SSSR count). The average molecular weight is 458 g/mol. The fourth-order valence-electron chi connectivity index (χ4n) is 4.41. The fraction of sp³-hybridized carbons (Fsp3) is 0.269. The maximum Gasteiger partial charge on any atom is 0.274 e. The van der Waals surface area contributed by atoms with Crippen molar-refractivity contribution in [2.45, 2.75) is 38.8 Å². The van der Waals surface area contributed by atoms with E-state index >= 15 is 0 Å². The van der Waals surface area contributed by atoms with Crippen molar-refractivity contribution in [2.75, 3.05) is 16.8 Å². The summed E-state index contributed by atoms with van der Waals surface area (Å²) >= 11 is 1.49. The van der Waals surface area contributed by atoms with Crippen LogP contribution in [0.3, 0.4) is 0 Å². The zero-order valence-corrected chi connectivity index (χ0v) is 19.5. The van der Waals surface area contributed by atoms with Gasteiger partial charge in [0, 0.05) is 42.7 Å². The normalized spacial score (nSPS) is 15.7. The molecule has 6 nitrogen and oxygen atoms in total. The summed E-state index contributed by atoms with van der Waals surface area (Å²) < 4.78 is 1.94. The van der Waals surface area contributed by atoms with Crippen LogP contribution in [0.2, 0.25) is 0 Å². The topological polar surface area (TPSA) is 63.1 Å². The number of aryl methyl sites for hydroxylation is 1. The van der Waals surface area contributed by atoms with E-state index < -0.39 is 0 Å². The van der Waals surface area contributed by atoms with Crippen molar-refractivity contribution < 1.29 is 4.79 Å². The second-order valence-corrected chi connectivity index (χ2v) is 9.14. The number of carbonyl (C=O) groups is 1. The van der Waals surface area contributed by atoms with E-state index in [1.54, 1.807) is 12.4 Å². The van der Waals surface area contributed by atoms with Gasteiger partial charge in [-0.1, -0.05) is 19.1 Å². The molecule has 1 aromatic carbocycles. The molecule has 0 saturated carbocycles. The first-order valence-electron chi connectivity index (χ1n) is 11.4. The van der Waals surface area contributed by atoms with Gasteiger partial charge in [0.25, 0.3) is 5.91 Å². The standard InChI is InChI=1S/C26H27N5OS/c1-2-19-7-9-21(10-8-19)31-16-4-5-23(31)22-18-33-26(28-22)29-25(32)24-6-3-15-30(24)17-20-11-13-27-14-12-20/h3,6-15,18,23H,2,4-5,16-17H2,1H3,(H,28,29,32). The van der Waals surface area contributed by atoms with E-state index in [4.69, 9.17) is 4.98 Å². The zero-order chi connectivity index (χ0) is 22.6. The van der Waals surface area contributed by atoms with Crippen LogP contribution in [0.25, 0.3) is 0 Å². The number of rotatable bonds is 7. The van der Waals surface area contributed by atoms with Crippen molar-refractivity contribution in [2.24, 2.45) is 0 Å². The minimum absolute atomic E-state index is 0.145. The highest BCUT2D eigenvalue weighted by Crippen LogP contribution is 2.37. The smallest absolute Gasteiger partial charge is 0.274 e. The summed E-state index contributed by atoms with van der Waals surface area (Å²) in [4.78, 5) is 24.3. The number of aromatic nitrogens is 3. The number of hydrogen-bond donors (Lipinski definition) is 1. The molecule has 1 fully saturated rings. The molecule has 1 aliphatic rings. The van der Waals surface area contributed by atoms with E-state index in [-0.39, 0.29) is 11.9 Å². The lowest BCUT2D eigenvalue weighted by Crippen LogP contribution is -2.23. The summed E-state index contributed by atoms with van der Waals surface area (Å²) in [6.45, 7) is 3.82. The largest absolute Gasteiger partial charge is 0.363 e. The zero-order valence-electron chi connectivity index (χ0n) is 18.6. The van der Waals surface area contributed by atoms with E-state index in [1.807, 2.05) is 35.0 Å². The molecule has 1 atom stereocenters. The Bertz CT molecular complexity index is 1210. The second-order valence-electron chi connectivity index (χ2n) is 8.28. The van der Waals surface area contributed by atoms with Crippen LogP contribution in [0.4, 0.5) is 10.8 Å². The summed E-state index contributed by atoms with van der Waals surface area (Å²) in [6.07, 6.45) is 8.71. The van der Waals surface area contributed by atoms with E-state index in [0.717, 1.165) is 37.1 Å². The molecule has 0 aliphatic carbocycles. The Hall–Kier alpha value is -3.45. The summed E-state index contributed by atoms with van der Waals surface area (Å²) in [5.74, 6) is -0.145. The van der Waals surface area contributed by atoms with Gasteiger partial charge < -0.3 is 9.47 Å². The Balaban J connectivity index is 1.28. The van der Waals surface area contributed by atoms with Gasteiger partial charge in [0.05, 0.1) is 11.7 Å². The molecule has 0 radical (unpaired) electrons. The summed E-state index contributed by atoms with van der Waals surface area (Å²) in [7, 11) is 0. The first-order chi connectivity index (χ1) is 16.2. The van der Waals surface area contributed by atoms with Crippen LogP contribution in [0.15, 0.2) is 72.5 Å². The predicted octanol–water partition coefficient (Wildman–Crippen LogP) is 5.54. The highest BCUT2D eigenvalue weighted by molar-refractivity contribution is 7.14. The average Bonchev–Trinajstić information content (AvgIpc) is 3.60. The number of nitrogens with zero attached hydrogens (tertiary/aromatic N) is 4. The molecule has 4 aromatic rings. The summed E-state index contributed by atoms with van der Waals surface area (Å²) in [6, 6.07) is 16.7. The number of thiazole rings is 1. The van der Waals surface area contributed by atoms with Gasteiger partial charge in [0.1, 0.15) is 5.69 Å². The van der Waals surface area contributed by atoms with E-state index in [9.17, 15) is 4.79 Å². The summed E-state index contributed by atoms with van der Waals surface area (Å²) in [5.41, 5.74) is 5.32. The van der Waals surface area contributed by atoms with Crippen LogP contribution in [0.1, 0.15) is 53.1 Å². The van der Waals surface area contributed by atoms with Gasteiger partial charge in [-0.3, -0.25) is 15.1 Å². The highest BCUT2D eigenvalue weighted by Gasteiger charge is 2.28. The molecule has 4 heterocycles. The molecule has 168 valence electrons. The van der Waals surface area contributed by atoms with Crippen LogP contribution in [0.5, 0.6) is 0 Å². The Morgan fingerprint density at radius 1 is 1.12 bits per heavy atom. The minimum atomic E-state index is -0.145. The molecule has 1 aliphatic heterocycles. The van der Waals surface area contributed by atoms with Crippen molar-refractivity contribution in [3.8, 4) is 0 Å². The van der Waals surface area contributed by atoms with E-state index in [0.29, 0.717) is 17.4 Å². The van der Waals surface area contributed by atoms with Gasteiger partial charge >= 0.3 is 0 Å². The maximum absolute atomic E-state index is 13.0. The molecule has 1 N–H and O–H groups in total. The molecule has 1 amide bonds. The molecular weight excluding hydrogens is 430 g/mol. The van der Waals surface area contributed by atoms with Crippen molar-refractivity contribution in [3.63, 3.8) is 0 Å². The van der Waals surface area contributed by atoms with Crippen molar-refractivity contribution in [1.82, 2.24) is 14.5 Å². The number of pyridine rings is 1.